The molecule has 1 saturated heterocycles. The van der Waals surface area contributed by atoms with E-state index in [2.05, 4.69) is 10.6 Å². The van der Waals surface area contributed by atoms with E-state index in [1.165, 1.54) is 0 Å². The molecule has 2 amide bonds. The van der Waals surface area contributed by atoms with Crippen LogP contribution in [0, 0.1) is 0 Å². The molecule has 29 heavy (non-hydrogen) atoms. The Balaban J connectivity index is 2.06. The molecule has 1 heterocycles. The minimum atomic E-state index is -3.47. The van der Waals surface area contributed by atoms with Gasteiger partial charge >= 0.3 is 6.03 Å². The molecule has 2 rings (SSSR count). The molecule has 3 atom stereocenters. The average Bonchev–Trinajstić information content (AvgIpc) is 3.14. The number of sulfone groups is 1. The highest BCUT2D eigenvalue weighted by Crippen LogP contribution is 2.37. The van der Waals surface area contributed by atoms with Gasteiger partial charge in [0.15, 0.2) is 9.84 Å². The number of aliphatic hydroxyl groups is 1. The van der Waals surface area contributed by atoms with Crippen LogP contribution in [-0.2, 0) is 14.6 Å². The van der Waals surface area contributed by atoms with Gasteiger partial charge in [-0.2, -0.15) is 0 Å². The second kappa shape index (κ2) is 9.31. The highest BCUT2D eigenvalue weighted by atomic mass is 32.2. The molecule has 0 aromatic carbocycles. The molecule has 2 aliphatic rings. The van der Waals surface area contributed by atoms with Crippen LogP contribution in [0.2, 0.25) is 0 Å². The van der Waals surface area contributed by atoms with Crippen LogP contribution in [0.3, 0.4) is 0 Å². The van der Waals surface area contributed by atoms with Gasteiger partial charge in [-0.3, -0.25) is 4.90 Å². The number of nitrogens with zero attached hydrogens (tertiary/aromatic N) is 1. The molecular formula is C20H37N3O5S. The summed E-state index contributed by atoms with van der Waals surface area (Å²) in [7, 11) is -3.47. The first-order valence-corrected chi connectivity index (χ1v) is 12.2. The monoisotopic (exact) mass is 431 g/mol. The zero-order chi connectivity index (χ0) is 21.9. The Bertz CT molecular complexity index is 683. The van der Waals surface area contributed by atoms with E-state index in [0.717, 1.165) is 32.0 Å². The Morgan fingerprint density at radius 3 is 2.41 bits per heavy atom. The summed E-state index contributed by atoms with van der Waals surface area (Å²) in [5.74, 6) is 0. The number of nitrogens with one attached hydrogen (secondary N) is 2. The van der Waals surface area contributed by atoms with Crippen LogP contribution in [0.5, 0.6) is 0 Å². The Labute approximate surface area is 174 Å². The van der Waals surface area contributed by atoms with Gasteiger partial charge in [-0.05, 0) is 53.4 Å². The first-order chi connectivity index (χ1) is 13.4. The third-order valence-corrected chi connectivity index (χ3v) is 9.62. The molecule has 0 spiro atoms. The lowest BCUT2D eigenvalue weighted by atomic mass is 9.79. The van der Waals surface area contributed by atoms with E-state index in [-0.39, 0.29) is 12.6 Å². The number of rotatable bonds is 7. The van der Waals surface area contributed by atoms with Crippen molar-refractivity contribution in [2.24, 2.45) is 0 Å². The van der Waals surface area contributed by atoms with Crippen molar-refractivity contribution in [3.05, 3.63) is 0 Å². The maximum atomic E-state index is 13.1. The zero-order valence-electron chi connectivity index (χ0n) is 18.1. The molecule has 0 bridgehead atoms. The zero-order valence-corrected chi connectivity index (χ0v) is 18.9. The minimum absolute atomic E-state index is 0.0212. The lowest BCUT2D eigenvalue weighted by Crippen LogP contribution is -2.63. The van der Waals surface area contributed by atoms with Crippen molar-refractivity contribution >= 4 is 22.2 Å². The Kier molecular flexibility index (Phi) is 7.73. The molecule has 0 radical (unpaired) electrons. The number of aliphatic hydroxyl groups excluding tert-OH is 1. The van der Waals surface area contributed by atoms with Gasteiger partial charge in [0, 0.05) is 6.54 Å². The molecule has 1 aliphatic carbocycles. The van der Waals surface area contributed by atoms with Crippen molar-refractivity contribution in [2.75, 3.05) is 13.1 Å². The van der Waals surface area contributed by atoms with Gasteiger partial charge < -0.3 is 20.5 Å². The quantitative estimate of drug-likeness (QED) is 0.527. The topological polar surface area (TPSA) is 116 Å². The van der Waals surface area contributed by atoms with E-state index < -0.39 is 37.6 Å². The Morgan fingerprint density at radius 2 is 1.86 bits per heavy atom. The molecule has 9 heteroatoms. The second-order valence-electron chi connectivity index (χ2n) is 9.42. The average molecular weight is 432 g/mol. The molecule has 2 fully saturated rings. The van der Waals surface area contributed by atoms with Crippen LogP contribution in [0.25, 0.3) is 0 Å². The van der Waals surface area contributed by atoms with Crippen LogP contribution >= 0.6 is 0 Å². The van der Waals surface area contributed by atoms with Gasteiger partial charge in [-0.15, -0.1) is 0 Å². The molecule has 0 aromatic rings. The van der Waals surface area contributed by atoms with E-state index >= 15 is 0 Å². The third-order valence-electron chi connectivity index (χ3n) is 6.53. The summed E-state index contributed by atoms with van der Waals surface area (Å²) >= 11 is 0. The number of hydrogen-bond acceptors (Lipinski definition) is 6. The Morgan fingerprint density at radius 1 is 1.24 bits per heavy atom. The van der Waals surface area contributed by atoms with Gasteiger partial charge in [0.2, 0.25) is 0 Å². The van der Waals surface area contributed by atoms with E-state index in [9.17, 15) is 23.1 Å². The lowest BCUT2D eigenvalue weighted by Gasteiger charge is -2.44. The summed E-state index contributed by atoms with van der Waals surface area (Å²) in [6.45, 7) is 7.34. The van der Waals surface area contributed by atoms with Crippen LogP contribution in [0.15, 0.2) is 0 Å². The molecule has 168 valence electrons. The predicted molar refractivity (Wildman–Crippen MR) is 112 cm³/mol. The van der Waals surface area contributed by atoms with Gasteiger partial charge in [-0.1, -0.05) is 19.3 Å². The summed E-state index contributed by atoms with van der Waals surface area (Å²) in [4.78, 5) is 25.4. The first-order valence-electron chi connectivity index (χ1n) is 10.6. The fourth-order valence-corrected chi connectivity index (χ4v) is 6.49. The number of carbonyl (C=O) groups is 2. The van der Waals surface area contributed by atoms with Crippen LogP contribution in [0.1, 0.15) is 72.6 Å². The molecule has 1 aliphatic heterocycles. The normalized spacial score (nSPS) is 25.2. The number of hydrogen-bond donors (Lipinski definition) is 3. The van der Waals surface area contributed by atoms with Crippen molar-refractivity contribution in [1.29, 1.82) is 0 Å². The predicted octanol–water partition coefficient (Wildman–Crippen LogP) is 1.57. The van der Waals surface area contributed by atoms with E-state index in [1.54, 1.807) is 32.6 Å². The third kappa shape index (κ3) is 5.30. The summed E-state index contributed by atoms with van der Waals surface area (Å²) < 4.78 is 25.3. The van der Waals surface area contributed by atoms with Gasteiger partial charge in [0.1, 0.15) is 12.5 Å². The Hall–Kier alpha value is -1.19. The van der Waals surface area contributed by atoms with Gasteiger partial charge in [0.05, 0.1) is 28.1 Å². The lowest BCUT2D eigenvalue weighted by molar-refractivity contribution is -0.115. The fraction of sp³-hybridized carbons (Fsp3) is 0.900. The maximum Gasteiger partial charge on any atom is 0.315 e. The van der Waals surface area contributed by atoms with Crippen LogP contribution in [-0.4, -0.2) is 71.6 Å². The van der Waals surface area contributed by atoms with Crippen molar-refractivity contribution < 1.29 is 23.1 Å². The number of amides is 2. The van der Waals surface area contributed by atoms with Crippen molar-refractivity contribution in [3.8, 4) is 0 Å². The van der Waals surface area contributed by atoms with Crippen LogP contribution < -0.4 is 10.6 Å². The van der Waals surface area contributed by atoms with Gasteiger partial charge in [0.25, 0.3) is 0 Å². The van der Waals surface area contributed by atoms with Gasteiger partial charge in [-0.25, -0.2) is 13.2 Å². The maximum absolute atomic E-state index is 13.1. The molecule has 8 nitrogen and oxygen atoms in total. The smallest absolute Gasteiger partial charge is 0.315 e. The molecule has 1 unspecified atom stereocenters. The summed E-state index contributed by atoms with van der Waals surface area (Å²) in [5.41, 5.74) is -0.821. The molecular weight excluding hydrogens is 394 g/mol. The number of aldehydes is 1. The number of carbonyl (C=O) groups excluding carboxylic acids is 2. The summed E-state index contributed by atoms with van der Waals surface area (Å²) in [6.07, 6.45) is 5.38. The summed E-state index contributed by atoms with van der Waals surface area (Å²) in [5, 5.41) is 15.2. The highest BCUT2D eigenvalue weighted by Gasteiger charge is 2.48. The van der Waals surface area contributed by atoms with Crippen molar-refractivity contribution in [1.82, 2.24) is 15.5 Å². The summed E-state index contributed by atoms with van der Waals surface area (Å²) in [6, 6.07) is -0.805. The standard InChI is InChI=1S/C20H37N3O5S/c1-15(29(27,28)19(2,3)4)20(10-6-5-7-11-20)22-18(26)21-13-17(25)23-12-8-9-16(23)14-24/h14-17,25H,5-13H2,1-4H3,(H2,21,22,26)/t15-,16+,17?/m1/s1. The second-order valence-corrected chi connectivity index (χ2v) is 12.4. The van der Waals surface area contributed by atoms with Crippen molar-refractivity contribution in [3.63, 3.8) is 0 Å². The van der Waals surface area contributed by atoms with E-state index in [4.69, 9.17) is 0 Å². The first kappa shape index (κ1) is 24.1. The van der Waals surface area contributed by atoms with E-state index in [1.807, 2.05) is 0 Å². The highest BCUT2D eigenvalue weighted by molar-refractivity contribution is 7.93. The number of urea groups is 1. The van der Waals surface area contributed by atoms with Crippen LogP contribution in [0.4, 0.5) is 4.79 Å². The SMILES string of the molecule is C[C@H](C1(NC(=O)NCC(O)N2CCC[C@H]2C=O)CCCCC1)S(=O)(=O)C(C)(C)C. The molecule has 1 saturated carbocycles. The van der Waals surface area contributed by atoms with E-state index in [0.29, 0.717) is 25.8 Å². The minimum Gasteiger partial charge on any atom is -0.376 e. The largest absolute Gasteiger partial charge is 0.376 e. The fourth-order valence-electron chi connectivity index (χ4n) is 4.55. The number of likely N-dealkylation sites (tertiary alicyclic amines) is 1. The van der Waals surface area contributed by atoms with Crippen molar-refractivity contribution in [2.45, 2.75) is 100 Å². The molecule has 0 aromatic heterocycles. The molecule has 3 N–H and O–H groups in total.